The van der Waals surface area contributed by atoms with Crippen LogP contribution in [0.25, 0.3) is 0 Å². The second kappa shape index (κ2) is 7.68. The summed E-state index contributed by atoms with van der Waals surface area (Å²) in [5.74, 6) is 1.48. The van der Waals surface area contributed by atoms with Gasteiger partial charge in [0.15, 0.2) is 5.12 Å². The first-order chi connectivity index (χ1) is 10.4. The Hall–Kier alpha value is -1.49. The summed E-state index contributed by atoms with van der Waals surface area (Å²) in [6, 6.07) is 7.88. The normalized spacial score (nSPS) is 18.1. The van der Waals surface area contributed by atoms with Crippen LogP contribution in [0.2, 0.25) is 0 Å². The van der Waals surface area contributed by atoms with Crippen molar-refractivity contribution in [2.75, 3.05) is 13.2 Å². The van der Waals surface area contributed by atoms with Crippen LogP contribution in [0.1, 0.15) is 32.8 Å². The van der Waals surface area contributed by atoms with Gasteiger partial charge < -0.3 is 9.64 Å². The molecule has 1 fully saturated rings. The maximum atomic E-state index is 12.0. The van der Waals surface area contributed by atoms with Crippen molar-refractivity contribution < 1.29 is 14.3 Å². The molecule has 0 aromatic heterocycles. The summed E-state index contributed by atoms with van der Waals surface area (Å²) in [6.45, 7) is 7.72. The van der Waals surface area contributed by atoms with Gasteiger partial charge in [0.1, 0.15) is 5.75 Å². The van der Waals surface area contributed by atoms with E-state index in [4.69, 9.17) is 4.74 Å². The molecule has 1 amide bonds. The topological polar surface area (TPSA) is 46.6 Å². The summed E-state index contributed by atoms with van der Waals surface area (Å²) in [4.78, 5) is 25.0. The van der Waals surface area contributed by atoms with Crippen molar-refractivity contribution in [3.63, 3.8) is 0 Å². The molecule has 0 bridgehead atoms. The Morgan fingerprint density at radius 1 is 1.36 bits per heavy atom. The van der Waals surface area contributed by atoms with E-state index in [1.54, 1.807) is 6.92 Å². The van der Waals surface area contributed by atoms with Gasteiger partial charge in [-0.25, -0.2) is 0 Å². The van der Waals surface area contributed by atoms with E-state index in [0.29, 0.717) is 32.0 Å². The van der Waals surface area contributed by atoms with Crippen LogP contribution < -0.4 is 4.74 Å². The molecule has 1 aromatic rings. The average molecular weight is 321 g/mol. The average Bonchev–Trinajstić information content (AvgIpc) is 2.77. The monoisotopic (exact) mass is 321 g/mol. The molecule has 0 saturated carbocycles. The maximum Gasteiger partial charge on any atom is 0.224 e. The van der Waals surface area contributed by atoms with Gasteiger partial charge in [-0.3, -0.25) is 9.59 Å². The first kappa shape index (κ1) is 16.9. The first-order valence-electron chi connectivity index (χ1n) is 7.60. The van der Waals surface area contributed by atoms with E-state index in [0.717, 1.165) is 11.3 Å². The fourth-order valence-corrected chi connectivity index (χ4v) is 3.33. The molecule has 2 rings (SSSR count). The molecule has 0 spiro atoms. The fraction of sp³-hybridized carbons (Fsp3) is 0.529. The third kappa shape index (κ3) is 5.05. The minimum Gasteiger partial charge on any atom is -0.493 e. The second-order valence-corrected chi connectivity index (χ2v) is 7.54. The number of benzene rings is 1. The smallest absolute Gasteiger partial charge is 0.224 e. The Balaban J connectivity index is 1.88. The molecule has 1 heterocycles. The van der Waals surface area contributed by atoms with Crippen LogP contribution in [-0.4, -0.2) is 34.3 Å². The SMILES string of the molecule is CC(=O)SC1CC(=O)N(Cc2ccc(OCC(C)C)cc2)C1. The molecule has 1 aromatic carbocycles. The van der Waals surface area contributed by atoms with E-state index < -0.39 is 0 Å². The van der Waals surface area contributed by atoms with Crippen LogP contribution in [0.15, 0.2) is 24.3 Å². The molecule has 1 aliphatic heterocycles. The molecule has 1 atom stereocenters. The summed E-state index contributed by atoms with van der Waals surface area (Å²) in [7, 11) is 0. The lowest BCUT2D eigenvalue weighted by Crippen LogP contribution is -2.24. The molecule has 1 aliphatic rings. The zero-order valence-corrected chi connectivity index (χ0v) is 14.2. The van der Waals surface area contributed by atoms with E-state index in [1.165, 1.54) is 11.8 Å². The zero-order valence-electron chi connectivity index (χ0n) is 13.4. The summed E-state index contributed by atoms with van der Waals surface area (Å²) in [5, 5.41) is 0.171. The van der Waals surface area contributed by atoms with Crippen LogP contribution >= 0.6 is 11.8 Å². The van der Waals surface area contributed by atoms with E-state index >= 15 is 0 Å². The molecule has 0 N–H and O–H groups in total. The summed E-state index contributed by atoms with van der Waals surface area (Å²) in [6.07, 6.45) is 0.458. The maximum absolute atomic E-state index is 12.0. The van der Waals surface area contributed by atoms with Crippen molar-refractivity contribution in [1.82, 2.24) is 4.90 Å². The van der Waals surface area contributed by atoms with Crippen molar-refractivity contribution in [2.24, 2.45) is 5.92 Å². The van der Waals surface area contributed by atoms with Crippen molar-refractivity contribution in [3.05, 3.63) is 29.8 Å². The van der Waals surface area contributed by atoms with E-state index in [1.807, 2.05) is 29.2 Å². The van der Waals surface area contributed by atoms with Crippen molar-refractivity contribution in [3.8, 4) is 5.75 Å². The van der Waals surface area contributed by atoms with Gasteiger partial charge in [0.2, 0.25) is 5.91 Å². The van der Waals surface area contributed by atoms with Gasteiger partial charge in [-0.2, -0.15) is 0 Å². The van der Waals surface area contributed by atoms with Crippen LogP contribution in [0.5, 0.6) is 5.75 Å². The summed E-state index contributed by atoms with van der Waals surface area (Å²) in [5.41, 5.74) is 1.08. The minimum atomic E-state index is 0.0753. The molecule has 4 nitrogen and oxygen atoms in total. The van der Waals surface area contributed by atoms with Gasteiger partial charge in [-0.1, -0.05) is 37.7 Å². The highest BCUT2D eigenvalue weighted by Gasteiger charge is 2.30. The van der Waals surface area contributed by atoms with Gasteiger partial charge in [0.25, 0.3) is 0 Å². The lowest BCUT2D eigenvalue weighted by molar-refractivity contribution is -0.128. The Morgan fingerprint density at radius 2 is 2.05 bits per heavy atom. The predicted molar refractivity (Wildman–Crippen MR) is 88.9 cm³/mol. The second-order valence-electron chi connectivity index (χ2n) is 6.06. The number of ether oxygens (including phenoxy) is 1. The number of amides is 1. The lowest BCUT2D eigenvalue weighted by atomic mass is 10.2. The van der Waals surface area contributed by atoms with Gasteiger partial charge in [-0.15, -0.1) is 0 Å². The van der Waals surface area contributed by atoms with Crippen LogP contribution in [-0.2, 0) is 16.1 Å². The molecule has 120 valence electrons. The molecule has 0 aliphatic carbocycles. The molecular formula is C17H23NO3S. The van der Waals surface area contributed by atoms with Gasteiger partial charge >= 0.3 is 0 Å². The number of hydrogen-bond acceptors (Lipinski definition) is 4. The van der Waals surface area contributed by atoms with E-state index in [-0.39, 0.29) is 16.3 Å². The Kier molecular flexibility index (Phi) is 5.89. The summed E-state index contributed by atoms with van der Waals surface area (Å²) >= 11 is 1.27. The Morgan fingerprint density at radius 3 is 2.64 bits per heavy atom. The van der Waals surface area contributed by atoms with E-state index in [9.17, 15) is 9.59 Å². The molecule has 1 saturated heterocycles. The van der Waals surface area contributed by atoms with Gasteiger partial charge in [0.05, 0.1) is 6.61 Å². The van der Waals surface area contributed by atoms with Gasteiger partial charge in [0, 0.05) is 31.7 Å². The van der Waals surface area contributed by atoms with Crippen LogP contribution in [0.4, 0.5) is 0 Å². The number of thioether (sulfide) groups is 1. The van der Waals surface area contributed by atoms with Crippen molar-refractivity contribution in [1.29, 1.82) is 0 Å². The minimum absolute atomic E-state index is 0.0753. The van der Waals surface area contributed by atoms with Crippen molar-refractivity contribution in [2.45, 2.75) is 39.0 Å². The molecule has 22 heavy (non-hydrogen) atoms. The number of carbonyl (C=O) groups is 2. The Labute approximate surface area is 136 Å². The number of likely N-dealkylation sites (tertiary alicyclic amines) is 1. The lowest BCUT2D eigenvalue weighted by Gasteiger charge is -2.17. The third-order valence-electron chi connectivity index (χ3n) is 3.39. The molecule has 0 radical (unpaired) electrons. The highest BCUT2D eigenvalue weighted by atomic mass is 32.2. The largest absolute Gasteiger partial charge is 0.493 e. The molecule has 5 heteroatoms. The quantitative estimate of drug-likeness (QED) is 0.808. The number of nitrogens with zero attached hydrogens (tertiary/aromatic N) is 1. The number of rotatable bonds is 6. The van der Waals surface area contributed by atoms with Crippen LogP contribution in [0, 0.1) is 5.92 Å². The summed E-state index contributed by atoms with van der Waals surface area (Å²) < 4.78 is 5.65. The number of hydrogen-bond donors (Lipinski definition) is 0. The highest BCUT2D eigenvalue weighted by Crippen LogP contribution is 2.25. The van der Waals surface area contributed by atoms with Crippen LogP contribution in [0.3, 0.4) is 0 Å². The fourth-order valence-electron chi connectivity index (χ4n) is 2.38. The molecular weight excluding hydrogens is 298 g/mol. The first-order valence-corrected chi connectivity index (χ1v) is 8.48. The predicted octanol–water partition coefficient (Wildman–Crippen LogP) is 3.10. The number of carbonyl (C=O) groups excluding carboxylic acids is 2. The molecule has 1 unspecified atom stereocenters. The van der Waals surface area contributed by atoms with Crippen molar-refractivity contribution >= 4 is 22.8 Å². The third-order valence-corrected chi connectivity index (χ3v) is 4.37. The van der Waals surface area contributed by atoms with Gasteiger partial charge in [-0.05, 0) is 23.6 Å². The zero-order chi connectivity index (χ0) is 16.1. The highest BCUT2D eigenvalue weighted by molar-refractivity contribution is 8.14. The Bertz CT molecular complexity index is 527. The standard InChI is InChI=1S/C17H23NO3S/c1-12(2)11-21-15-6-4-14(5-7-15)9-18-10-16(8-17(18)20)22-13(3)19/h4-7,12,16H,8-11H2,1-3H3. The van der Waals surface area contributed by atoms with E-state index in [2.05, 4.69) is 13.8 Å².